The Labute approximate surface area is 113 Å². The molecule has 1 atom stereocenters. The molecule has 0 bridgehead atoms. The molecule has 18 heavy (non-hydrogen) atoms. The molecule has 1 heterocycles. The first-order valence-electron chi connectivity index (χ1n) is 6.49. The second-order valence-electron chi connectivity index (χ2n) is 4.90. The van der Waals surface area contributed by atoms with Crippen LogP contribution in [0.15, 0.2) is 24.3 Å². The van der Waals surface area contributed by atoms with Crippen molar-refractivity contribution in [2.75, 3.05) is 19.6 Å². The SMILES string of the molecule is OC1CCN(CCC(O)c2ccccc2Cl)CC1. The summed E-state index contributed by atoms with van der Waals surface area (Å²) in [6.07, 6.45) is 1.70. The fourth-order valence-corrected chi connectivity index (χ4v) is 2.61. The average Bonchev–Trinajstić information content (AvgIpc) is 2.38. The maximum Gasteiger partial charge on any atom is 0.0816 e. The number of rotatable bonds is 4. The van der Waals surface area contributed by atoms with Crippen molar-refractivity contribution < 1.29 is 10.2 Å². The van der Waals surface area contributed by atoms with E-state index in [1.807, 2.05) is 18.2 Å². The number of aliphatic hydroxyl groups excluding tert-OH is 2. The minimum atomic E-state index is -0.509. The van der Waals surface area contributed by atoms with Gasteiger partial charge in [0.05, 0.1) is 12.2 Å². The first-order chi connectivity index (χ1) is 8.66. The monoisotopic (exact) mass is 269 g/mol. The van der Waals surface area contributed by atoms with E-state index in [4.69, 9.17) is 11.6 Å². The molecular formula is C14H20ClNO2. The van der Waals surface area contributed by atoms with Gasteiger partial charge in [-0.2, -0.15) is 0 Å². The molecule has 2 N–H and O–H groups in total. The van der Waals surface area contributed by atoms with Crippen LogP contribution in [0.1, 0.15) is 30.9 Å². The van der Waals surface area contributed by atoms with E-state index >= 15 is 0 Å². The Morgan fingerprint density at radius 2 is 1.94 bits per heavy atom. The molecule has 0 radical (unpaired) electrons. The van der Waals surface area contributed by atoms with E-state index < -0.39 is 6.10 Å². The topological polar surface area (TPSA) is 43.7 Å². The molecule has 4 heteroatoms. The zero-order chi connectivity index (χ0) is 13.0. The summed E-state index contributed by atoms with van der Waals surface area (Å²) in [7, 11) is 0. The molecule has 1 saturated heterocycles. The highest BCUT2D eigenvalue weighted by molar-refractivity contribution is 6.31. The summed E-state index contributed by atoms with van der Waals surface area (Å²) in [5.74, 6) is 0. The van der Waals surface area contributed by atoms with Gasteiger partial charge in [0.25, 0.3) is 0 Å². The van der Waals surface area contributed by atoms with E-state index in [9.17, 15) is 10.2 Å². The van der Waals surface area contributed by atoms with Gasteiger partial charge >= 0.3 is 0 Å². The van der Waals surface area contributed by atoms with Crippen molar-refractivity contribution in [3.8, 4) is 0 Å². The van der Waals surface area contributed by atoms with E-state index in [0.29, 0.717) is 11.4 Å². The van der Waals surface area contributed by atoms with Gasteiger partial charge in [0.1, 0.15) is 0 Å². The first kappa shape index (κ1) is 13.8. The van der Waals surface area contributed by atoms with Gasteiger partial charge in [0, 0.05) is 24.7 Å². The van der Waals surface area contributed by atoms with Crippen LogP contribution in [0.3, 0.4) is 0 Å². The van der Waals surface area contributed by atoms with Crippen molar-refractivity contribution >= 4 is 11.6 Å². The van der Waals surface area contributed by atoms with Gasteiger partial charge in [-0.25, -0.2) is 0 Å². The van der Waals surface area contributed by atoms with Gasteiger partial charge in [-0.1, -0.05) is 29.8 Å². The summed E-state index contributed by atoms with van der Waals surface area (Å²) in [6, 6.07) is 7.43. The van der Waals surface area contributed by atoms with Crippen LogP contribution >= 0.6 is 11.6 Å². The Bertz CT molecular complexity index is 378. The maximum absolute atomic E-state index is 10.1. The molecule has 1 aromatic rings. The van der Waals surface area contributed by atoms with E-state index in [0.717, 1.165) is 38.0 Å². The summed E-state index contributed by atoms with van der Waals surface area (Å²) in [4.78, 5) is 2.28. The van der Waals surface area contributed by atoms with Crippen LogP contribution in [0.4, 0.5) is 0 Å². The van der Waals surface area contributed by atoms with E-state index in [-0.39, 0.29) is 6.10 Å². The van der Waals surface area contributed by atoms with Crippen LogP contribution in [-0.2, 0) is 0 Å². The lowest BCUT2D eigenvalue weighted by Gasteiger charge is -2.30. The zero-order valence-electron chi connectivity index (χ0n) is 10.4. The first-order valence-corrected chi connectivity index (χ1v) is 6.87. The van der Waals surface area contributed by atoms with Crippen LogP contribution in [-0.4, -0.2) is 40.9 Å². The molecule has 1 aromatic carbocycles. The Kier molecular flexibility index (Phi) is 5.01. The van der Waals surface area contributed by atoms with Crippen LogP contribution < -0.4 is 0 Å². The van der Waals surface area contributed by atoms with Crippen LogP contribution in [0.25, 0.3) is 0 Å². The number of hydrogen-bond donors (Lipinski definition) is 2. The van der Waals surface area contributed by atoms with E-state index in [2.05, 4.69) is 4.90 Å². The Balaban J connectivity index is 1.81. The van der Waals surface area contributed by atoms with Gasteiger partial charge in [-0.15, -0.1) is 0 Å². The minimum Gasteiger partial charge on any atom is -0.393 e. The van der Waals surface area contributed by atoms with Crippen LogP contribution in [0.5, 0.6) is 0 Å². The molecule has 1 aliphatic rings. The summed E-state index contributed by atoms with van der Waals surface area (Å²) in [6.45, 7) is 2.67. The summed E-state index contributed by atoms with van der Waals surface area (Å²) in [5.41, 5.74) is 0.802. The van der Waals surface area contributed by atoms with Crippen molar-refractivity contribution in [1.82, 2.24) is 4.90 Å². The third-order valence-electron chi connectivity index (χ3n) is 3.54. The molecule has 100 valence electrons. The van der Waals surface area contributed by atoms with Crippen molar-refractivity contribution in [2.24, 2.45) is 0 Å². The second kappa shape index (κ2) is 6.53. The van der Waals surface area contributed by atoms with E-state index in [1.54, 1.807) is 6.07 Å². The predicted molar refractivity (Wildman–Crippen MR) is 72.7 cm³/mol. The summed E-state index contributed by atoms with van der Waals surface area (Å²) >= 11 is 6.05. The molecule has 0 spiro atoms. The van der Waals surface area contributed by atoms with E-state index in [1.165, 1.54) is 0 Å². The fraction of sp³-hybridized carbons (Fsp3) is 0.571. The third-order valence-corrected chi connectivity index (χ3v) is 3.88. The normalized spacial score (nSPS) is 19.9. The highest BCUT2D eigenvalue weighted by Crippen LogP contribution is 2.25. The van der Waals surface area contributed by atoms with Crippen LogP contribution in [0, 0.1) is 0 Å². The molecule has 0 aromatic heterocycles. The van der Waals surface area contributed by atoms with Crippen molar-refractivity contribution in [1.29, 1.82) is 0 Å². The summed E-state index contributed by atoms with van der Waals surface area (Å²) in [5, 5.41) is 20.2. The molecule has 2 rings (SSSR count). The lowest BCUT2D eigenvalue weighted by Crippen LogP contribution is -2.36. The quantitative estimate of drug-likeness (QED) is 0.881. The van der Waals surface area contributed by atoms with Crippen molar-refractivity contribution in [2.45, 2.75) is 31.5 Å². The molecule has 1 unspecified atom stereocenters. The van der Waals surface area contributed by atoms with Gasteiger partial charge in [-0.05, 0) is 30.9 Å². The smallest absolute Gasteiger partial charge is 0.0816 e. The maximum atomic E-state index is 10.1. The average molecular weight is 270 g/mol. The number of nitrogens with zero attached hydrogens (tertiary/aromatic N) is 1. The molecule has 0 saturated carbocycles. The number of benzene rings is 1. The number of likely N-dealkylation sites (tertiary alicyclic amines) is 1. The minimum absolute atomic E-state index is 0.144. The van der Waals surface area contributed by atoms with Crippen molar-refractivity contribution in [3.63, 3.8) is 0 Å². The second-order valence-corrected chi connectivity index (χ2v) is 5.31. The molecule has 1 aliphatic heterocycles. The Morgan fingerprint density at radius 1 is 1.28 bits per heavy atom. The van der Waals surface area contributed by atoms with Gasteiger partial charge < -0.3 is 15.1 Å². The molecular weight excluding hydrogens is 250 g/mol. The lowest BCUT2D eigenvalue weighted by molar-refractivity contribution is 0.0711. The highest BCUT2D eigenvalue weighted by atomic mass is 35.5. The summed E-state index contributed by atoms with van der Waals surface area (Å²) < 4.78 is 0. The fourth-order valence-electron chi connectivity index (χ4n) is 2.35. The number of piperidine rings is 1. The Hall–Kier alpha value is -0.610. The molecule has 3 nitrogen and oxygen atoms in total. The third kappa shape index (κ3) is 3.69. The van der Waals surface area contributed by atoms with Crippen LogP contribution in [0.2, 0.25) is 5.02 Å². The lowest BCUT2D eigenvalue weighted by atomic mass is 10.0. The zero-order valence-corrected chi connectivity index (χ0v) is 11.2. The molecule has 1 fully saturated rings. The van der Waals surface area contributed by atoms with Crippen molar-refractivity contribution in [3.05, 3.63) is 34.9 Å². The Morgan fingerprint density at radius 3 is 2.61 bits per heavy atom. The van der Waals surface area contributed by atoms with Gasteiger partial charge in [-0.3, -0.25) is 0 Å². The van der Waals surface area contributed by atoms with Gasteiger partial charge in [0.15, 0.2) is 0 Å². The number of aliphatic hydroxyl groups is 2. The van der Waals surface area contributed by atoms with Gasteiger partial charge in [0.2, 0.25) is 0 Å². The number of halogens is 1. The predicted octanol–water partition coefficient (Wildman–Crippen LogP) is 2.22. The largest absolute Gasteiger partial charge is 0.393 e. The molecule has 0 aliphatic carbocycles. The highest BCUT2D eigenvalue weighted by Gasteiger charge is 2.18. The molecule has 0 amide bonds. The number of hydrogen-bond acceptors (Lipinski definition) is 3. The standard InChI is InChI=1S/C14H20ClNO2/c15-13-4-2-1-3-12(13)14(18)7-10-16-8-5-11(17)6-9-16/h1-4,11,14,17-18H,5-10H2.